The molecule has 1 aliphatic carbocycles. The first-order valence-corrected chi connectivity index (χ1v) is 7.90. The maximum atomic E-state index is 13.7. The summed E-state index contributed by atoms with van der Waals surface area (Å²) in [6.45, 7) is 1.80. The lowest BCUT2D eigenvalue weighted by Gasteiger charge is -2.18. The van der Waals surface area contributed by atoms with Crippen molar-refractivity contribution in [2.45, 2.75) is 44.6 Å². The van der Waals surface area contributed by atoms with Gasteiger partial charge in [0.05, 0.1) is 5.69 Å². The maximum Gasteiger partial charge on any atom is 0.125 e. The molecule has 0 bridgehead atoms. The van der Waals surface area contributed by atoms with E-state index < -0.39 is 0 Å². The molecule has 1 fully saturated rings. The van der Waals surface area contributed by atoms with Crippen LogP contribution in [0.4, 0.5) is 4.39 Å². The molecule has 110 valence electrons. The van der Waals surface area contributed by atoms with Gasteiger partial charge in [-0.15, -0.1) is 0 Å². The number of rotatable bonds is 2. The van der Waals surface area contributed by atoms with E-state index in [2.05, 4.69) is 9.88 Å². The summed E-state index contributed by atoms with van der Waals surface area (Å²) in [4.78, 5) is 4.92. The van der Waals surface area contributed by atoms with Crippen LogP contribution in [0.2, 0.25) is 0 Å². The highest BCUT2D eigenvalue weighted by Crippen LogP contribution is 2.36. The minimum atomic E-state index is -0.179. The third-order valence-corrected chi connectivity index (χ3v) is 4.70. The lowest BCUT2D eigenvalue weighted by atomic mass is 10.1. The van der Waals surface area contributed by atoms with E-state index >= 15 is 0 Å². The van der Waals surface area contributed by atoms with E-state index in [1.807, 2.05) is 6.07 Å². The zero-order chi connectivity index (χ0) is 14.2. The fourth-order valence-corrected chi connectivity index (χ4v) is 3.69. The van der Waals surface area contributed by atoms with Crippen molar-refractivity contribution in [1.29, 1.82) is 0 Å². The van der Waals surface area contributed by atoms with Crippen LogP contribution in [0.1, 0.15) is 48.8 Å². The summed E-state index contributed by atoms with van der Waals surface area (Å²) in [6, 6.07) is 6.91. The van der Waals surface area contributed by atoms with Gasteiger partial charge < -0.3 is 9.88 Å². The second kappa shape index (κ2) is 5.26. The molecule has 2 heterocycles. The summed E-state index contributed by atoms with van der Waals surface area (Å²) in [5.41, 5.74) is 3.33. The van der Waals surface area contributed by atoms with E-state index in [1.54, 1.807) is 12.1 Å². The monoisotopic (exact) mass is 285 g/mol. The van der Waals surface area contributed by atoms with Crippen molar-refractivity contribution in [2.75, 3.05) is 6.54 Å². The minimum Gasteiger partial charge on any atom is -0.311 e. The van der Waals surface area contributed by atoms with Crippen LogP contribution in [0.25, 0.3) is 5.69 Å². The Bertz CT molecular complexity index is 656. The summed E-state index contributed by atoms with van der Waals surface area (Å²) in [6.07, 6.45) is 5.94. The molecule has 1 aromatic heterocycles. The van der Waals surface area contributed by atoms with E-state index in [0.29, 0.717) is 5.92 Å². The van der Waals surface area contributed by atoms with Crippen LogP contribution < -0.4 is 5.32 Å². The van der Waals surface area contributed by atoms with Gasteiger partial charge in [0.1, 0.15) is 11.6 Å². The first-order chi connectivity index (χ1) is 10.3. The Labute approximate surface area is 124 Å². The van der Waals surface area contributed by atoms with Gasteiger partial charge in [-0.25, -0.2) is 9.37 Å². The van der Waals surface area contributed by atoms with Gasteiger partial charge in [0.25, 0.3) is 0 Å². The molecule has 0 amide bonds. The Hall–Kier alpha value is -1.68. The Morgan fingerprint density at radius 3 is 2.90 bits per heavy atom. The summed E-state index contributed by atoms with van der Waals surface area (Å²) in [5.74, 6) is 1.49. The Morgan fingerprint density at radius 1 is 1.24 bits per heavy atom. The van der Waals surface area contributed by atoms with E-state index in [4.69, 9.17) is 4.98 Å². The van der Waals surface area contributed by atoms with Crippen LogP contribution in [0, 0.1) is 5.82 Å². The number of hydrogen-bond acceptors (Lipinski definition) is 2. The highest BCUT2D eigenvalue weighted by molar-refractivity contribution is 5.40. The highest BCUT2D eigenvalue weighted by atomic mass is 19.1. The minimum absolute atomic E-state index is 0.179. The van der Waals surface area contributed by atoms with Crippen molar-refractivity contribution in [3.8, 4) is 5.69 Å². The van der Waals surface area contributed by atoms with Crippen molar-refractivity contribution in [1.82, 2.24) is 14.9 Å². The van der Waals surface area contributed by atoms with Gasteiger partial charge in [0, 0.05) is 36.8 Å². The number of nitrogens with zero attached hydrogens (tertiary/aromatic N) is 2. The van der Waals surface area contributed by atoms with Crippen LogP contribution >= 0.6 is 0 Å². The number of aromatic nitrogens is 2. The maximum absolute atomic E-state index is 13.7. The topological polar surface area (TPSA) is 29.9 Å². The number of imidazole rings is 1. The average molecular weight is 285 g/mol. The molecule has 1 aliphatic heterocycles. The molecule has 0 spiro atoms. The average Bonchev–Trinajstić information content (AvgIpc) is 3.14. The zero-order valence-corrected chi connectivity index (χ0v) is 12.1. The van der Waals surface area contributed by atoms with Gasteiger partial charge in [0.15, 0.2) is 0 Å². The van der Waals surface area contributed by atoms with E-state index in [1.165, 1.54) is 37.4 Å². The summed E-state index contributed by atoms with van der Waals surface area (Å²) >= 11 is 0. The number of fused-ring (bicyclic) bond motifs is 1. The molecule has 0 radical (unpaired) electrons. The van der Waals surface area contributed by atoms with E-state index in [0.717, 1.165) is 36.7 Å². The third kappa shape index (κ3) is 2.27. The molecular formula is C17H20FN3. The molecule has 0 atom stereocenters. The van der Waals surface area contributed by atoms with Crippen LogP contribution in [0.15, 0.2) is 24.3 Å². The van der Waals surface area contributed by atoms with Crippen LogP contribution in [0.5, 0.6) is 0 Å². The normalized spacial score (nSPS) is 18.9. The first-order valence-electron chi connectivity index (χ1n) is 7.90. The SMILES string of the molecule is Fc1cccc(-n2c(C3CCCC3)nc3c2CCNC3)c1. The molecule has 2 aromatic rings. The van der Waals surface area contributed by atoms with Crippen molar-refractivity contribution < 1.29 is 4.39 Å². The number of halogens is 1. The number of nitrogens with one attached hydrogen (secondary N) is 1. The van der Waals surface area contributed by atoms with Gasteiger partial charge in [-0.1, -0.05) is 18.9 Å². The molecule has 1 aromatic carbocycles. The second-order valence-corrected chi connectivity index (χ2v) is 6.09. The number of hydrogen-bond donors (Lipinski definition) is 1. The molecule has 21 heavy (non-hydrogen) atoms. The van der Waals surface area contributed by atoms with Crippen molar-refractivity contribution >= 4 is 0 Å². The Balaban J connectivity index is 1.88. The molecule has 1 saturated carbocycles. The molecule has 4 rings (SSSR count). The van der Waals surface area contributed by atoms with Gasteiger partial charge in [0.2, 0.25) is 0 Å². The van der Waals surface area contributed by atoms with Gasteiger partial charge >= 0.3 is 0 Å². The van der Waals surface area contributed by atoms with E-state index in [9.17, 15) is 4.39 Å². The summed E-state index contributed by atoms with van der Waals surface area (Å²) < 4.78 is 15.9. The van der Waals surface area contributed by atoms with Crippen molar-refractivity contribution in [3.63, 3.8) is 0 Å². The predicted molar refractivity (Wildman–Crippen MR) is 80.1 cm³/mol. The quantitative estimate of drug-likeness (QED) is 0.917. The van der Waals surface area contributed by atoms with Crippen molar-refractivity contribution in [3.05, 3.63) is 47.3 Å². The molecule has 0 saturated heterocycles. The first kappa shape index (κ1) is 13.0. The van der Waals surface area contributed by atoms with Crippen LogP contribution in [0.3, 0.4) is 0 Å². The molecule has 0 unspecified atom stereocenters. The Morgan fingerprint density at radius 2 is 2.10 bits per heavy atom. The number of benzene rings is 1. The fourth-order valence-electron chi connectivity index (χ4n) is 3.69. The lowest BCUT2D eigenvalue weighted by molar-refractivity contribution is 0.611. The van der Waals surface area contributed by atoms with Gasteiger partial charge in [-0.05, 0) is 31.0 Å². The zero-order valence-electron chi connectivity index (χ0n) is 12.1. The lowest BCUT2D eigenvalue weighted by Crippen LogP contribution is -2.24. The second-order valence-electron chi connectivity index (χ2n) is 6.09. The molecule has 4 heteroatoms. The van der Waals surface area contributed by atoms with Crippen LogP contribution in [-0.4, -0.2) is 16.1 Å². The highest BCUT2D eigenvalue weighted by Gasteiger charge is 2.27. The fraction of sp³-hybridized carbons (Fsp3) is 0.471. The predicted octanol–water partition coefficient (Wildman–Crippen LogP) is 3.31. The molecule has 2 aliphatic rings. The molecule has 1 N–H and O–H groups in total. The summed E-state index contributed by atoms with van der Waals surface area (Å²) in [5, 5.41) is 3.39. The van der Waals surface area contributed by atoms with Crippen LogP contribution in [-0.2, 0) is 13.0 Å². The Kier molecular flexibility index (Phi) is 3.26. The van der Waals surface area contributed by atoms with Gasteiger partial charge in [-0.3, -0.25) is 0 Å². The standard InChI is InChI=1S/C17H20FN3/c18-13-6-3-7-14(10-13)21-16-8-9-19-11-15(16)20-17(21)12-4-1-2-5-12/h3,6-7,10,12,19H,1-2,4-5,8-9,11H2. The smallest absolute Gasteiger partial charge is 0.125 e. The van der Waals surface area contributed by atoms with Crippen molar-refractivity contribution in [2.24, 2.45) is 0 Å². The third-order valence-electron chi connectivity index (χ3n) is 4.70. The summed E-state index contributed by atoms with van der Waals surface area (Å²) in [7, 11) is 0. The van der Waals surface area contributed by atoms with E-state index in [-0.39, 0.29) is 5.82 Å². The largest absolute Gasteiger partial charge is 0.311 e. The molecular weight excluding hydrogens is 265 g/mol. The van der Waals surface area contributed by atoms with Gasteiger partial charge in [-0.2, -0.15) is 0 Å². The molecule has 3 nitrogen and oxygen atoms in total.